The standard InChI is InChI=1S/C18H17FO3/c1-3-22-17-7-5-4-6-14(17)10-15(18(20)21)13-9-8-12(2)16(19)11-13/h4-11H,3H2,1-2H3,(H,20,21)/b15-10-. The Morgan fingerprint density at radius 2 is 2.00 bits per heavy atom. The highest BCUT2D eigenvalue weighted by atomic mass is 19.1. The summed E-state index contributed by atoms with van der Waals surface area (Å²) in [7, 11) is 0. The molecule has 4 heteroatoms. The van der Waals surface area contributed by atoms with E-state index in [9.17, 15) is 14.3 Å². The largest absolute Gasteiger partial charge is 0.493 e. The van der Waals surface area contributed by atoms with Crippen LogP contribution in [0.5, 0.6) is 5.75 Å². The van der Waals surface area contributed by atoms with Gasteiger partial charge in [0.05, 0.1) is 12.2 Å². The van der Waals surface area contributed by atoms with Crippen molar-refractivity contribution in [2.45, 2.75) is 13.8 Å². The smallest absolute Gasteiger partial charge is 0.336 e. The van der Waals surface area contributed by atoms with Crippen LogP contribution in [-0.4, -0.2) is 17.7 Å². The van der Waals surface area contributed by atoms with Crippen molar-refractivity contribution >= 4 is 17.6 Å². The lowest BCUT2D eigenvalue weighted by molar-refractivity contribution is -0.130. The normalized spacial score (nSPS) is 11.3. The van der Waals surface area contributed by atoms with E-state index in [1.165, 1.54) is 12.1 Å². The summed E-state index contributed by atoms with van der Waals surface area (Å²) in [5.74, 6) is -0.950. The third kappa shape index (κ3) is 3.52. The zero-order valence-corrected chi connectivity index (χ0v) is 12.5. The van der Waals surface area contributed by atoms with Crippen LogP contribution < -0.4 is 4.74 Å². The first-order valence-corrected chi connectivity index (χ1v) is 6.96. The van der Waals surface area contributed by atoms with Gasteiger partial charge in [-0.2, -0.15) is 0 Å². The molecule has 1 N–H and O–H groups in total. The van der Waals surface area contributed by atoms with E-state index in [1.54, 1.807) is 37.3 Å². The molecule has 0 amide bonds. The molecule has 0 atom stereocenters. The molecule has 0 aliphatic rings. The number of ether oxygens (including phenoxy) is 1. The van der Waals surface area contributed by atoms with Gasteiger partial charge in [0, 0.05) is 5.56 Å². The quantitative estimate of drug-likeness (QED) is 0.666. The third-order valence-electron chi connectivity index (χ3n) is 3.23. The number of benzene rings is 2. The van der Waals surface area contributed by atoms with Crippen molar-refractivity contribution in [3.8, 4) is 5.75 Å². The highest BCUT2D eigenvalue weighted by molar-refractivity contribution is 6.20. The second kappa shape index (κ2) is 6.89. The van der Waals surface area contributed by atoms with Gasteiger partial charge in [-0.1, -0.05) is 30.3 Å². The Bertz CT molecular complexity index is 720. The lowest BCUT2D eigenvalue weighted by atomic mass is 10.0. The van der Waals surface area contributed by atoms with E-state index in [2.05, 4.69) is 0 Å². The maximum atomic E-state index is 13.7. The SMILES string of the molecule is CCOc1ccccc1/C=C(\C(=O)O)c1ccc(C)c(F)c1. The number of carboxylic acids is 1. The Kier molecular flexibility index (Phi) is 4.94. The van der Waals surface area contributed by atoms with Gasteiger partial charge in [-0.3, -0.25) is 0 Å². The molecule has 0 heterocycles. The average molecular weight is 300 g/mol. The van der Waals surface area contributed by atoms with Crippen LogP contribution in [0.4, 0.5) is 4.39 Å². The van der Waals surface area contributed by atoms with Gasteiger partial charge < -0.3 is 9.84 Å². The number of carbonyl (C=O) groups is 1. The number of hydrogen-bond acceptors (Lipinski definition) is 2. The summed E-state index contributed by atoms with van der Waals surface area (Å²) in [6, 6.07) is 11.5. The number of carboxylic acid groups (broad SMARTS) is 1. The minimum absolute atomic E-state index is 0.0195. The maximum absolute atomic E-state index is 13.7. The van der Waals surface area contributed by atoms with Crippen molar-refractivity contribution in [2.75, 3.05) is 6.61 Å². The predicted octanol–water partition coefficient (Wildman–Crippen LogP) is 4.16. The molecule has 0 aliphatic heterocycles. The molecule has 3 nitrogen and oxygen atoms in total. The Balaban J connectivity index is 2.52. The van der Waals surface area contributed by atoms with Gasteiger partial charge in [0.25, 0.3) is 0 Å². The second-order valence-corrected chi connectivity index (χ2v) is 4.80. The first-order valence-electron chi connectivity index (χ1n) is 6.96. The number of rotatable bonds is 5. The zero-order valence-electron chi connectivity index (χ0n) is 12.5. The van der Waals surface area contributed by atoms with Crippen LogP contribution in [0.3, 0.4) is 0 Å². The fraction of sp³-hybridized carbons (Fsp3) is 0.167. The van der Waals surface area contributed by atoms with E-state index >= 15 is 0 Å². The third-order valence-corrected chi connectivity index (χ3v) is 3.23. The molecule has 2 aromatic rings. The van der Waals surface area contributed by atoms with Gasteiger partial charge in [0.1, 0.15) is 11.6 Å². The van der Waals surface area contributed by atoms with Crippen molar-refractivity contribution in [3.63, 3.8) is 0 Å². The van der Waals surface area contributed by atoms with Crippen molar-refractivity contribution < 1.29 is 19.0 Å². The number of para-hydroxylation sites is 1. The summed E-state index contributed by atoms with van der Waals surface area (Å²) >= 11 is 0. The molecular weight excluding hydrogens is 283 g/mol. The van der Waals surface area contributed by atoms with Gasteiger partial charge in [-0.25, -0.2) is 9.18 Å². The van der Waals surface area contributed by atoms with E-state index in [0.717, 1.165) is 0 Å². The van der Waals surface area contributed by atoms with Gasteiger partial charge in [-0.05, 0) is 43.2 Å². The molecule has 0 aromatic heterocycles. The second-order valence-electron chi connectivity index (χ2n) is 4.80. The molecule has 0 saturated heterocycles. The summed E-state index contributed by atoms with van der Waals surface area (Å²) in [5, 5.41) is 9.44. The topological polar surface area (TPSA) is 46.5 Å². The van der Waals surface area contributed by atoms with Crippen LogP contribution in [0, 0.1) is 12.7 Å². The minimum Gasteiger partial charge on any atom is -0.493 e. The van der Waals surface area contributed by atoms with E-state index in [4.69, 9.17) is 4.74 Å². The van der Waals surface area contributed by atoms with Crippen LogP contribution in [0.1, 0.15) is 23.6 Å². The molecule has 0 bridgehead atoms. The molecule has 2 aromatic carbocycles. The summed E-state index contributed by atoms with van der Waals surface area (Å²) in [6.45, 7) is 3.97. The fourth-order valence-corrected chi connectivity index (χ4v) is 2.07. The molecule has 0 fully saturated rings. The van der Waals surface area contributed by atoms with Crippen LogP contribution in [0.15, 0.2) is 42.5 Å². The van der Waals surface area contributed by atoms with Crippen molar-refractivity contribution in [1.82, 2.24) is 0 Å². The van der Waals surface area contributed by atoms with E-state index in [0.29, 0.717) is 29.0 Å². The maximum Gasteiger partial charge on any atom is 0.336 e. The number of hydrogen-bond donors (Lipinski definition) is 1. The number of aliphatic carboxylic acids is 1. The Morgan fingerprint density at radius 3 is 2.64 bits per heavy atom. The fourth-order valence-electron chi connectivity index (χ4n) is 2.07. The summed E-state index contributed by atoms with van der Waals surface area (Å²) in [5.41, 5.74) is 1.46. The number of halogens is 1. The zero-order chi connectivity index (χ0) is 16.1. The first-order chi connectivity index (χ1) is 10.5. The monoisotopic (exact) mass is 300 g/mol. The molecule has 0 unspecified atom stereocenters. The van der Waals surface area contributed by atoms with Crippen LogP contribution in [0.25, 0.3) is 11.6 Å². The Hall–Kier alpha value is -2.62. The minimum atomic E-state index is -1.12. The predicted molar refractivity (Wildman–Crippen MR) is 84.3 cm³/mol. The Morgan fingerprint density at radius 1 is 1.27 bits per heavy atom. The molecule has 22 heavy (non-hydrogen) atoms. The molecular formula is C18H17FO3. The van der Waals surface area contributed by atoms with Crippen LogP contribution in [0.2, 0.25) is 0 Å². The lowest BCUT2D eigenvalue weighted by Gasteiger charge is -2.09. The molecule has 114 valence electrons. The molecule has 0 aliphatic carbocycles. The van der Waals surface area contributed by atoms with E-state index < -0.39 is 11.8 Å². The van der Waals surface area contributed by atoms with Crippen LogP contribution in [-0.2, 0) is 4.79 Å². The van der Waals surface area contributed by atoms with Gasteiger partial charge in [-0.15, -0.1) is 0 Å². The Labute approximate surface area is 128 Å². The first kappa shape index (κ1) is 15.8. The van der Waals surface area contributed by atoms with E-state index in [-0.39, 0.29) is 5.57 Å². The van der Waals surface area contributed by atoms with Gasteiger partial charge in [0.2, 0.25) is 0 Å². The number of aryl methyl sites for hydroxylation is 1. The lowest BCUT2D eigenvalue weighted by Crippen LogP contribution is -2.01. The van der Waals surface area contributed by atoms with Gasteiger partial charge >= 0.3 is 5.97 Å². The summed E-state index contributed by atoms with van der Waals surface area (Å²) in [6.07, 6.45) is 1.50. The highest BCUT2D eigenvalue weighted by Gasteiger charge is 2.13. The molecule has 0 radical (unpaired) electrons. The molecule has 2 rings (SSSR count). The molecule has 0 saturated carbocycles. The van der Waals surface area contributed by atoms with Crippen molar-refractivity contribution in [1.29, 1.82) is 0 Å². The van der Waals surface area contributed by atoms with Crippen molar-refractivity contribution in [3.05, 3.63) is 65.0 Å². The van der Waals surface area contributed by atoms with Crippen molar-refractivity contribution in [2.24, 2.45) is 0 Å². The summed E-state index contributed by atoms with van der Waals surface area (Å²) in [4.78, 5) is 11.5. The highest BCUT2D eigenvalue weighted by Crippen LogP contribution is 2.26. The average Bonchev–Trinajstić information content (AvgIpc) is 2.49. The van der Waals surface area contributed by atoms with Crippen LogP contribution >= 0.6 is 0 Å². The van der Waals surface area contributed by atoms with E-state index in [1.807, 2.05) is 13.0 Å². The molecule has 0 spiro atoms. The van der Waals surface area contributed by atoms with Gasteiger partial charge in [0.15, 0.2) is 0 Å². The summed E-state index contributed by atoms with van der Waals surface area (Å²) < 4.78 is 19.2.